The van der Waals surface area contributed by atoms with Crippen molar-refractivity contribution < 1.29 is 14.3 Å². The molecule has 2 rings (SSSR count). The van der Waals surface area contributed by atoms with Gasteiger partial charge in [-0.25, -0.2) is 0 Å². The molecule has 0 fully saturated rings. The molecule has 0 heterocycles. The Labute approximate surface area is 113 Å². The third kappa shape index (κ3) is 3.13. The summed E-state index contributed by atoms with van der Waals surface area (Å²) in [5, 5.41) is 0. The van der Waals surface area contributed by atoms with Crippen LogP contribution < -0.4 is 4.90 Å². The van der Waals surface area contributed by atoms with Gasteiger partial charge in [-0.1, -0.05) is 6.07 Å². The molecule has 1 aliphatic carbocycles. The van der Waals surface area contributed by atoms with Crippen LogP contribution in [0, 0.1) is 0 Å². The van der Waals surface area contributed by atoms with Gasteiger partial charge in [-0.3, -0.25) is 9.59 Å². The predicted octanol–water partition coefficient (Wildman–Crippen LogP) is 2.09. The predicted molar refractivity (Wildman–Crippen MR) is 73.1 cm³/mol. The fourth-order valence-corrected chi connectivity index (χ4v) is 2.39. The minimum absolute atomic E-state index is 0.0663. The summed E-state index contributed by atoms with van der Waals surface area (Å²) < 4.78 is 4.54. The van der Waals surface area contributed by atoms with E-state index in [2.05, 4.69) is 16.9 Å². The van der Waals surface area contributed by atoms with Crippen LogP contribution in [0.15, 0.2) is 18.2 Å². The van der Waals surface area contributed by atoms with Crippen LogP contribution in [0.4, 0.5) is 5.69 Å². The summed E-state index contributed by atoms with van der Waals surface area (Å²) in [5.41, 5.74) is 3.62. The van der Waals surface area contributed by atoms with Crippen LogP contribution >= 0.6 is 0 Å². The number of methoxy groups -OCH3 is 1. The van der Waals surface area contributed by atoms with Crippen LogP contribution in [0.25, 0.3) is 0 Å². The lowest BCUT2D eigenvalue weighted by atomic mass is 10.1. The number of anilines is 1. The summed E-state index contributed by atoms with van der Waals surface area (Å²) in [5.74, 6) is -0.418. The highest BCUT2D eigenvalue weighted by Gasteiger charge is 2.16. The molecule has 0 saturated carbocycles. The zero-order valence-corrected chi connectivity index (χ0v) is 11.4. The molecule has 0 spiro atoms. The summed E-state index contributed by atoms with van der Waals surface area (Å²) in [6.45, 7) is 0. The van der Waals surface area contributed by atoms with Crippen molar-refractivity contribution in [2.75, 3.05) is 19.1 Å². The Balaban J connectivity index is 2.01. The highest BCUT2D eigenvalue weighted by atomic mass is 16.5. The van der Waals surface area contributed by atoms with Crippen molar-refractivity contribution in [1.82, 2.24) is 0 Å². The number of esters is 1. The molecule has 4 nitrogen and oxygen atoms in total. The quantitative estimate of drug-likeness (QED) is 0.780. The average Bonchev–Trinajstić information content (AvgIpc) is 2.90. The third-order valence-corrected chi connectivity index (χ3v) is 3.61. The number of aryl methyl sites for hydroxylation is 2. The summed E-state index contributed by atoms with van der Waals surface area (Å²) in [6.07, 6.45) is 3.73. The van der Waals surface area contributed by atoms with Crippen LogP contribution in [-0.4, -0.2) is 26.0 Å². The Hall–Kier alpha value is -1.84. The zero-order valence-electron chi connectivity index (χ0n) is 11.4. The molecule has 4 heteroatoms. The standard InChI is InChI=1S/C15H19NO3/c1-16(14(17)8-9-15(18)19-2)13-7-6-11-4-3-5-12(11)10-13/h6-7,10H,3-5,8-9H2,1-2H3. The highest BCUT2D eigenvalue weighted by molar-refractivity contribution is 5.94. The van der Waals surface area contributed by atoms with Crippen LogP contribution in [0.2, 0.25) is 0 Å². The van der Waals surface area contributed by atoms with Crippen molar-refractivity contribution >= 4 is 17.6 Å². The fraction of sp³-hybridized carbons (Fsp3) is 0.467. The number of carbonyl (C=O) groups is 2. The van der Waals surface area contributed by atoms with Crippen LogP contribution in [0.1, 0.15) is 30.4 Å². The molecular weight excluding hydrogens is 242 g/mol. The van der Waals surface area contributed by atoms with Gasteiger partial charge in [0.05, 0.1) is 13.5 Å². The molecule has 19 heavy (non-hydrogen) atoms. The number of fused-ring (bicyclic) bond motifs is 1. The lowest BCUT2D eigenvalue weighted by molar-refractivity contribution is -0.141. The first kappa shape index (κ1) is 13.6. The van der Waals surface area contributed by atoms with Gasteiger partial charge in [-0.05, 0) is 42.5 Å². The van der Waals surface area contributed by atoms with Crippen molar-refractivity contribution in [2.45, 2.75) is 32.1 Å². The monoisotopic (exact) mass is 261 g/mol. The van der Waals surface area contributed by atoms with E-state index in [-0.39, 0.29) is 24.7 Å². The fourth-order valence-electron chi connectivity index (χ4n) is 2.39. The van der Waals surface area contributed by atoms with Gasteiger partial charge >= 0.3 is 5.97 Å². The molecule has 0 N–H and O–H groups in total. The number of rotatable bonds is 4. The smallest absolute Gasteiger partial charge is 0.306 e. The van der Waals surface area contributed by atoms with Crippen molar-refractivity contribution in [3.63, 3.8) is 0 Å². The Bertz CT molecular complexity index is 496. The van der Waals surface area contributed by atoms with E-state index in [0.717, 1.165) is 18.5 Å². The Kier molecular flexibility index (Phi) is 4.20. The van der Waals surface area contributed by atoms with Gasteiger partial charge in [-0.15, -0.1) is 0 Å². The first-order valence-corrected chi connectivity index (χ1v) is 6.57. The van der Waals surface area contributed by atoms with Gasteiger partial charge in [0.2, 0.25) is 5.91 Å². The first-order chi connectivity index (χ1) is 9.11. The maximum Gasteiger partial charge on any atom is 0.306 e. The number of hydrogen-bond acceptors (Lipinski definition) is 3. The third-order valence-electron chi connectivity index (χ3n) is 3.61. The summed E-state index contributed by atoms with van der Waals surface area (Å²) in [7, 11) is 3.08. The van der Waals surface area contributed by atoms with E-state index < -0.39 is 0 Å². The topological polar surface area (TPSA) is 46.6 Å². The van der Waals surface area contributed by atoms with Gasteiger partial charge < -0.3 is 9.64 Å². The first-order valence-electron chi connectivity index (χ1n) is 6.57. The van der Waals surface area contributed by atoms with Gasteiger partial charge in [0, 0.05) is 19.2 Å². The lowest BCUT2D eigenvalue weighted by Gasteiger charge is -2.18. The van der Waals surface area contributed by atoms with Crippen molar-refractivity contribution in [3.05, 3.63) is 29.3 Å². The summed E-state index contributed by atoms with van der Waals surface area (Å²) in [6, 6.07) is 6.15. The van der Waals surface area contributed by atoms with E-state index in [1.54, 1.807) is 11.9 Å². The van der Waals surface area contributed by atoms with E-state index >= 15 is 0 Å². The van der Waals surface area contributed by atoms with Crippen molar-refractivity contribution in [3.8, 4) is 0 Å². The van der Waals surface area contributed by atoms with Gasteiger partial charge in [0.25, 0.3) is 0 Å². The summed E-state index contributed by atoms with van der Waals surface area (Å²) in [4.78, 5) is 24.6. The minimum Gasteiger partial charge on any atom is -0.469 e. The SMILES string of the molecule is COC(=O)CCC(=O)N(C)c1ccc2c(c1)CCC2. The molecule has 1 aliphatic rings. The second kappa shape index (κ2) is 5.87. The van der Waals surface area contributed by atoms with E-state index in [4.69, 9.17) is 0 Å². The van der Waals surface area contributed by atoms with E-state index in [0.29, 0.717) is 0 Å². The Morgan fingerprint density at radius 2 is 1.95 bits per heavy atom. The maximum atomic E-state index is 12.0. The molecule has 1 aromatic carbocycles. The molecular formula is C15H19NO3. The van der Waals surface area contributed by atoms with Crippen LogP contribution in [-0.2, 0) is 27.2 Å². The largest absolute Gasteiger partial charge is 0.469 e. The number of carbonyl (C=O) groups excluding carboxylic acids is 2. The number of benzene rings is 1. The normalized spacial score (nSPS) is 12.9. The second-order valence-electron chi connectivity index (χ2n) is 4.84. The molecule has 0 aromatic heterocycles. The molecule has 0 unspecified atom stereocenters. The zero-order chi connectivity index (χ0) is 13.8. The van der Waals surface area contributed by atoms with E-state index in [9.17, 15) is 9.59 Å². The Morgan fingerprint density at radius 3 is 2.68 bits per heavy atom. The van der Waals surface area contributed by atoms with Crippen molar-refractivity contribution in [1.29, 1.82) is 0 Å². The van der Waals surface area contributed by atoms with Gasteiger partial charge in [0.1, 0.15) is 0 Å². The molecule has 1 aromatic rings. The number of hydrogen-bond donors (Lipinski definition) is 0. The van der Waals surface area contributed by atoms with Crippen LogP contribution in [0.5, 0.6) is 0 Å². The average molecular weight is 261 g/mol. The molecule has 0 radical (unpaired) electrons. The lowest BCUT2D eigenvalue weighted by Crippen LogP contribution is -2.26. The van der Waals surface area contributed by atoms with E-state index in [1.807, 2.05) is 6.07 Å². The van der Waals surface area contributed by atoms with Crippen molar-refractivity contribution in [2.24, 2.45) is 0 Å². The molecule has 1 amide bonds. The van der Waals surface area contributed by atoms with Gasteiger partial charge in [-0.2, -0.15) is 0 Å². The summed E-state index contributed by atoms with van der Waals surface area (Å²) >= 11 is 0. The van der Waals surface area contributed by atoms with Crippen LogP contribution in [0.3, 0.4) is 0 Å². The maximum absolute atomic E-state index is 12.0. The number of amides is 1. The molecule has 0 aliphatic heterocycles. The van der Waals surface area contributed by atoms with E-state index in [1.165, 1.54) is 24.7 Å². The highest BCUT2D eigenvalue weighted by Crippen LogP contribution is 2.26. The number of nitrogens with zero attached hydrogens (tertiary/aromatic N) is 1. The van der Waals surface area contributed by atoms with Gasteiger partial charge in [0.15, 0.2) is 0 Å². The molecule has 0 bridgehead atoms. The number of ether oxygens (including phenoxy) is 1. The molecule has 0 saturated heterocycles. The molecule has 102 valence electrons. The minimum atomic E-state index is -0.351. The Morgan fingerprint density at radius 1 is 1.21 bits per heavy atom. The second-order valence-corrected chi connectivity index (χ2v) is 4.84. The molecule has 0 atom stereocenters.